The molecule has 2 amide bonds. The van der Waals surface area contributed by atoms with Gasteiger partial charge in [0.1, 0.15) is 0 Å². The fourth-order valence-electron chi connectivity index (χ4n) is 2.37. The number of nitrogens with two attached hydrogens (primary N) is 1. The number of anilines is 1. The topological polar surface area (TPSA) is 81.2 Å². The summed E-state index contributed by atoms with van der Waals surface area (Å²) in [4.78, 5) is 24.8. The molecule has 0 spiro atoms. The number of carbonyl (C=O) groups is 2. The lowest BCUT2D eigenvalue weighted by Crippen LogP contribution is -2.28. The van der Waals surface area contributed by atoms with Crippen LogP contribution in [0.2, 0.25) is 0 Å². The molecule has 20 heavy (non-hydrogen) atoms. The minimum atomic E-state index is -0.427. The van der Waals surface area contributed by atoms with Crippen molar-refractivity contribution in [3.8, 4) is 5.69 Å². The van der Waals surface area contributed by atoms with Gasteiger partial charge in [-0.25, -0.2) is 4.68 Å². The zero-order valence-electron chi connectivity index (χ0n) is 10.8. The summed E-state index contributed by atoms with van der Waals surface area (Å²) in [6.07, 6.45) is 3.70. The maximum atomic E-state index is 12.0. The molecule has 0 saturated carbocycles. The van der Waals surface area contributed by atoms with Crippen LogP contribution >= 0.6 is 0 Å². The summed E-state index contributed by atoms with van der Waals surface area (Å²) >= 11 is 0. The third-order valence-corrected chi connectivity index (χ3v) is 3.44. The maximum Gasteiger partial charge on any atom is 0.227 e. The van der Waals surface area contributed by atoms with Gasteiger partial charge in [-0.15, -0.1) is 0 Å². The van der Waals surface area contributed by atoms with Crippen LogP contribution in [0.1, 0.15) is 6.42 Å². The molecular weight excluding hydrogens is 256 g/mol. The monoisotopic (exact) mass is 270 g/mol. The molecule has 6 heteroatoms. The van der Waals surface area contributed by atoms with E-state index in [-0.39, 0.29) is 12.3 Å². The van der Waals surface area contributed by atoms with E-state index in [0.29, 0.717) is 6.54 Å². The Morgan fingerprint density at radius 1 is 1.30 bits per heavy atom. The number of hydrogen-bond acceptors (Lipinski definition) is 3. The van der Waals surface area contributed by atoms with Crippen LogP contribution in [0.5, 0.6) is 0 Å². The Bertz CT molecular complexity index is 651. The number of nitrogens with zero attached hydrogens (tertiary/aromatic N) is 3. The number of aromatic nitrogens is 2. The van der Waals surface area contributed by atoms with Gasteiger partial charge in [-0.2, -0.15) is 5.10 Å². The molecule has 2 N–H and O–H groups in total. The Morgan fingerprint density at radius 3 is 2.75 bits per heavy atom. The summed E-state index contributed by atoms with van der Waals surface area (Å²) in [6.45, 7) is 0.344. The molecule has 102 valence electrons. The Balaban J connectivity index is 1.90. The quantitative estimate of drug-likeness (QED) is 0.891. The van der Waals surface area contributed by atoms with Gasteiger partial charge >= 0.3 is 0 Å². The third-order valence-electron chi connectivity index (χ3n) is 3.44. The summed E-state index contributed by atoms with van der Waals surface area (Å²) in [6, 6.07) is 9.30. The molecule has 6 nitrogen and oxygen atoms in total. The second-order valence-corrected chi connectivity index (χ2v) is 4.78. The number of amides is 2. The highest BCUT2D eigenvalue weighted by molar-refractivity contribution is 6.00. The van der Waals surface area contributed by atoms with Crippen molar-refractivity contribution >= 4 is 17.5 Å². The summed E-state index contributed by atoms with van der Waals surface area (Å²) < 4.78 is 1.72. The molecule has 0 radical (unpaired) electrons. The lowest BCUT2D eigenvalue weighted by atomic mass is 10.1. The van der Waals surface area contributed by atoms with Gasteiger partial charge in [-0.05, 0) is 24.3 Å². The van der Waals surface area contributed by atoms with Crippen molar-refractivity contribution in [3.63, 3.8) is 0 Å². The minimum absolute atomic E-state index is 0.0774. The highest BCUT2D eigenvalue weighted by atomic mass is 16.2. The van der Waals surface area contributed by atoms with E-state index in [9.17, 15) is 9.59 Å². The van der Waals surface area contributed by atoms with Crippen LogP contribution in [0, 0.1) is 5.92 Å². The molecule has 1 aliphatic heterocycles. The summed E-state index contributed by atoms with van der Waals surface area (Å²) in [7, 11) is 0. The van der Waals surface area contributed by atoms with Crippen molar-refractivity contribution in [1.29, 1.82) is 0 Å². The molecule has 2 aromatic rings. The van der Waals surface area contributed by atoms with Gasteiger partial charge in [0.25, 0.3) is 0 Å². The maximum absolute atomic E-state index is 12.0. The summed E-state index contributed by atoms with van der Waals surface area (Å²) in [5.74, 6) is -0.911. The van der Waals surface area contributed by atoms with E-state index in [2.05, 4.69) is 5.10 Å². The van der Waals surface area contributed by atoms with Crippen LogP contribution in [0.3, 0.4) is 0 Å². The van der Waals surface area contributed by atoms with Crippen LogP contribution in [0.15, 0.2) is 42.7 Å². The van der Waals surface area contributed by atoms with Crippen LogP contribution in [0.25, 0.3) is 5.69 Å². The van der Waals surface area contributed by atoms with Gasteiger partial charge in [0.05, 0.1) is 11.6 Å². The largest absolute Gasteiger partial charge is 0.369 e. The van der Waals surface area contributed by atoms with Gasteiger partial charge in [0, 0.05) is 31.0 Å². The van der Waals surface area contributed by atoms with Gasteiger partial charge in [-0.3, -0.25) is 9.59 Å². The van der Waals surface area contributed by atoms with Crippen molar-refractivity contribution in [2.45, 2.75) is 6.42 Å². The van der Waals surface area contributed by atoms with E-state index >= 15 is 0 Å². The number of hydrogen-bond donors (Lipinski definition) is 1. The van der Waals surface area contributed by atoms with Crippen LogP contribution in [-0.2, 0) is 9.59 Å². The Morgan fingerprint density at radius 2 is 2.10 bits per heavy atom. The van der Waals surface area contributed by atoms with Crippen LogP contribution in [0.4, 0.5) is 5.69 Å². The van der Waals surface area contributed by atoms with Crippen molar-refractivity contribution in [2.24, 2.45) is 11.7 Å². The smallest absolute Gasteiger partial charge is 0.227 e. The molecule has 1 aliphatic rings. The van der Waals surface area contributed by atoms with Crippen molar-refractivity contribution < 1.29 is 9.59 Å². The molecule has 0 bridgehead atoms. The van der Waals surface area contributed by atoms with Crippen LogP contribution in [-0.4, -0.2) is 28.1 Å². The second-order valence-electron chi connectivity index (χ2n) is 4.78. The second kappa shape index (κ2) is 4.80. The standard InChI is InChI=1S/C14H14N4O2/c15-14(20)10-7-13(19)17(9-10)11-3-1-4-12(8-11)18-6-2-5-16-18/h1-6,8,10H,7,9H2,(H2,15,20). The van der Waals surface area contributed by atoms with Gasteiger partial charge in [0.15, 0.2) is 0 Å². The number of carbonyl (C=O) groups excluding carboxylic acids is 2. The lowest BCUT2D eigenvalue weighted by molar-refractivity contribution is -0.123. The first kappa shape index (κ1) is 12.4. The molecule has 1 aromatic carbocycles. The summed E-state index contributed by atoms with van der Waals surface area (Å²) in [5.41, 5.74) is 6.90. The predicted octanol–water partition coefficient (Wildman–Crippen LogP) is 0.710. The molecule has 3 rings (SSSR count). The van der Waals surface area contributed by atoms with Gasteiger partial charge in [-0.1, -0.05) is 6.07 Å². The molecule has 1 saturated heterocycles. The number of benzene rings is 1. The first-order valence-corrected chi connectivity index (χ1v) is 6.35. The third kappa shape index (κ3) is 2.16. The molecule has 0 aliphatic carbocycles. The first-order valence-electron chi connectivity index (χ1n) is 6.35. The molecule has 2 heterocycles. The number of rotatable bonds is 3. The molecule has 1 atom stereocenters. The van der Waals surface area contributed by atoms with E-state index in [1.54, 1.807) is 15.8 Å². The Labute approximate surface area is 115 Å². The summed E-state index contributed by atoms with van der Waals surface area (Å²) in [5, 5.41) is 4.16. The average molecular weight is 270 g/mol. The van der Waals surface area contributed by atoms with E-state index in [4.69, 9.17) is 5.73 Å². The SMILES string of the molecule is NC(=O)C1CC(=O)N(c2cccc(-n3cccn3)c2)C1. The lowest BCUT2D eigenvalue weighted by Gasteiger charge is -2.17. The van der Waals surface area contributed by atoms with E-state index < -0.39 is 11.8 Å². The minimum Gasteiger partial charge on any atom is -0.369 e. The zero-order valence-corrected chi connectivity index (χ0v) is 10.8. The highest BCUT2D eigenvalue weighted by Crippen LogP contribution is 2.26. The predicted molar refractivity (Wildman–Crippen MR) is 73.2 cm³/mol. The first-order chi connectivity index (χ1) is 9.65. The fourth-order valence-corrected chi connectivity index (χ4v) is 2.37. The average Bonchev–Trinajstić information content (AvgIpc) is 3.08. The zero-order chi connectivity index (χ0) is 14.1. The fraction of sp³-hybridized carbons (Fsp3) is 0.214. The van der Waals surface area contributed by atoms with Crippen molar-refractivity contribution in [2.75, 3.05) is 11.4 Å². The van der Waals surface area contributed by atoms with Crippen LogP contribution < -0.4 is 10.6 Å². The van der Waals surface area contributed by atoms with E-state index in [1.807, 2.05) is 36.5 Å². The molecule has 1 aromatic heterocycles. The number of primary amides is 1. The normalized spacial score (nSPS) is 18.5. The Kier molecular flexibility index (Phi) is 2.98. The highest BCUT2D eigenvalue weighted by Gasteiger charge is 2.33. The van der Waals surface area contributed by atoms with Gasteiger partial charge in [0.2, 0.25) is 11.8 Å². The molecule has 1 unspecified atom stereocenters. The van der Waals surface area contributed by atoms with Crippen molar-refractivity contribution in [1.82, 2.24) is 9.78 Å². The van der Waals surface area contributed by atoms with Crippen molar-refractivity contribution in [3.05, 3.63) is 42.7 Å². The van der Waals surface area contributed by atoms with E-state index in [0.717, 1.165) is 11.4 Å². The molecule has 1 fully saturated rings. The van der Waals surface area contributed by atoms with E-state index in [1.165, 1.54) is 0 Å². The molecular formula is C14H14N4O2. The van der Waals surface area contributed by atoms with Gasteiger partial charge < -0.3 is 10.6 Å². The Hall–Kier alpha value is -2.63.